The highest BCUT2D eigenvalue weighted by Crippen LogP contribution is 2.29. The van der Waals surface area contributed by atoms with Crippen LogP contribution in [0.1, 0.15) is 19.8 Å². The summed E-state index contributed by atoms with van der Waals surface area (Å²) >= 11 is 2.05. The Bertz CT molecular complexity index is 495. The minimum Gasteiger partial charge on any atom is -0.367 e. The van der Waals surface area contributed by atoms with Crippen molar-refractivity contribution in [1.29, 1.82) is 0 Å². The molecule has 0 amide bonds. The topological polar surface area (TPSA) is 49.6 Å². The van der Waals surface area contributed by atoms with Crippen LogP contribution in [0.2, 0.25) is 0 Å². The van der Waals surface area contributed by atoms with Crippen LogP contribution < -0.4 is 4.90 Å². The van der Waals surface area contributed by atoms with E-state index in [-0.39, 0.29) is 10.6 Å². The van der Waals surface area contributed by atoms with Crippen LogP contribution in [0.3, 0.4) is 0 Å². The van der Waals surface area contributed by atoms with E-state index in [0.717, 1.165) is 38.2 Å². The van der Waals surface area contributed by atoms with Crippen LogP contribution in [0.15, 0.2) is 18.2 Å². The maximum absolute atomic E-state index is 10.9. The molecule has 1 atom stereocenters. The largest absolute Gasteiger partial charge is 0.367 e. The molecule has 0 bridgehead atoms. The number of nitro benzene ring substituents is 1. The second-order valence-corrected chi connectivity index (χ2v) is 6.43. The smallest absolute Gasteiger partial charge is 0.282 e. The Balaban J connectivity index is 2.28. The molecule has 1 aromatic carbocycles. The molecule has 20 heavy (non-hydrogen) atoms. The number of nitro groups is 1. The van der Waals surface area contributed by atoms with E-state index in [1.54, 1.807) is 6.07 Å². The van der Waals surface area contributed by atoms with Crippen LogP contribution >= 0.6 is 22.6 Å². The van der Waals surface area contributed by atoms with Crippen LogP contribution in [0, 0.1) is 13.7 Å². The number of anilines is 1. The summed E-state index contributed by atoms with van der Waals surface area (Å²) in [6, 6.07) is 5.92. The third kappa shape index (κ3) is 3.41. The maximum Gasteiger partial charge on any atom is 0.282 e. The lowest BCUT2D eigenvalue weighted by molar-refractivity contribution is -0.385. The first-order valence-corrected chi connectivity index (χ1v) is 8.00. The molecule has 1 heterocycles. The zero-order chi connectivity index (χ0) is 14.7. The molecule has 0 aromatic heterocycles. The number of hydrogen-bond acceptors (Lipinski definition) is 4. The molecular weight excluding hydrogens is 369 g/mol. The summed E-state index contributed by atoms with van der Waals surface area (Å²) in [5, 5.41) is 10.9. The van der Waals surface area contributed by atoms with Crippen LogP contribution in [-0.2, 0) is 0 Å². The van der Waals surface area contributed by atoms with Gasteiger partial charge in [-0.25, -0.2) is 0 Å². The van der Waals surface area contributed by atoms with E-state index in [1.807, 2.05) is 12.1 Å². The van der Waals surface area contributed by atoms with Crippen molar-refractivity contribution >= 4 is 34.0 Å². The second kappa shape index (κ2) is 6.71. The summed E-state index contributed by atoms with van der Waals surface area (Å²) in [6.45, 7) is 5.37. The van der Waals surface area contributed by atoms with Crippen molar-refractivity contribution < 1.29 is 4.92 Å². The predicted molar refractivity (Wildman–Crippen MR) is 89.4 cm³/mol. The monoisotopic (exact) mass is 389 g/mol. The normalized spacial score (nSPS) is 20.8. The molecule has 1 unspecified atom stereocenters. The lowest BCUT2D eigenvalue weighted by Crippen LogP contribution is -2.39. The molecule has 5 nitrogen and oxygen atoms in total. The summed E-state index contributed by atoms with van der Waals surface area (Å²) in [7, 11) is 2.16. The van der Waals surface area contributed by atoms with E-state index in [4.69, 9.17) is 0 Å². The van der Waals surface area contributed by atoms with E-state index < -0.39 is 0 Å². The number of hydrogen-bond donors (Lipinski definition) is 0. The van der Waals surface area contributed by atoms with Gasteiger partial charge in [0, 0.05) is 30.9 Å². The fraction of sp³-hybridized carbons (Fsp3) is 0.571. The third-order valence-electron chi connectivity index (χ3n) is 3.83. The Kier molecular flexibility index (Phi) is 5.20. The SMILES string of the molecule is CCC1CN(C)CCCN1c1ccc([N+](=O)[O-])c(I)c1. The standard InChI is InChI=1S/C14H20IN3O2/c1-3-11-10-16(2)7-4-8-17(11)12-5-6-14(18(19)20)13(15)9-12/h5-6,9,11H,3-4,7-8,10H2,1-2H3. The molecule has 0 spiro atoms. The van der Waals surface area contributed by atoms with Gasteiger partial charge in [-0.05, 0) is 61.2 Å². The Morgan fingerprint density at radius 3 is 2.80 bits per heavy atom. The molecule has 0 saturated carbocycles. The van der Waals surface area contributed by atoms with Gasteiger partial charge in [-0.3, -0.25) is 10.1 Å². The molecule has 6 heteroatoms. The van der Waals surface area contributed by atoms with Crippen LogP contribution in [0.5, 0.6) is 0 Å². The zero-order valence-corrected chi connectivity index (χ0v) is 14.0. The summed E-state index contributed by atoms with van der Waals surface area (Å²) in [5.41, 5.74) is 1.29. The minimum atomic E-state index is -0.320. The van der Waals surface area contributed by atoms with Crippen LogP contribution in [0.4, 0.5) is 11.4 Å². The number of rotatable bonds is 3. The van der Waals surface area contributed by atoms with Gasteiger partial charge in [0.15, 0.2) is 0 Å². The number of likely N-dealkylation sites (N-methyl/N-ethyl adjacent to an activating group) is 1. The number of nitrogens with zero attached hydrogens (tertiary/aromatic N) is 3. The van der Waals surface area contributed by atoms with Gasteiger partial charge in [0.05, 0.1) is 8.49 Å². The van der Waals surface area contributed by atoms with Crippen molar-refractivity contribution in [1.82, 2.24) is 4.90 Å². The van der Waals surface area contributed by atoms with Crippen molar-refractivity contribution in [3.05, 3.63) is 31.9 Å². The second-order valence-electron chi connectivity index (χ2n) is 5.26. The third-order valence-corrected chi connectivity index (χ3v) is 4.70. The Hall–Kier alpha value is -0.890. The molecule has 0 aliphatic carbocycles. The average molecular weight is 389 g/mol. The van der Waals surface area contributed by atoms with Gasteiger partial charge in [0.2, 0.25) is 0 Å². The molecule has 1 aromatic rings. The van der Waals surface area contributed by atoms with E-state index >= 15 is 0 Å². The average Bonchev–Trinajstić information content (AvgIpc) is 2.59. The number of benzene rings is 1. The molecule has 1 aliphatic heterocycles. The van der Waals surface area contributed by atoms with Crippen molar-refractivity contribution in [2.45, 2.75) is 25.8 Å². The first-order valence-electron chi connectivity index (χ1n) is 6.92. The minimum absolute atomic E-state index is 0.189. The maximum atomic E-state index is 10.9. The van der Waals surface area contributed by atoms with E-state index in [0.29, 0.717) is 9.61 Å². The van der Waals surface area contributed by atoms with Crippen molar-refractivity contribution in [2.24, 2.45) is 0 Å². The van der Waals surface area contributed by atoms with Crippen LogP contribution in [0.25, 0.3) is 0 Å². The van der Waals surface area contributed by atoms with E-state index in [1.165, 1.54) is 0 Å². The molecule has 2 rings (SSSR count). The van der Waals surface area contributed by atoms with Gasteiger partial charge in [-0.2, -0.15) is 0 Å². The summed E-state index contributed by atoms with van der Waals surface area (Å²) in [6.07, 6.45) is 2.21. The van der Waals surface area contributed by atoms with E-state index in [9.17, 15) is 10.1 Å². The predicted octanol–water partition coefficient (Wildman–Crippen LogP) is 3.12. The molecular formula is C14H20IN3O2. The lowest BCUT2D eigenvalue weighted by Gasteiger charge is -2.32. The highest BCUT2D eigenvalue weighted by atomic mass is 127. The summed E-state index contributed by atoms with van der Waals surface area (Å²) in [4.78, 5) is 15.4. The molecule has 0 radical (unpaired) electrons. The molecule has 110 valence electrons. The van der Waals surface area contributed by atoms with Gasteiger partial charge in [-0.15, -0.1) is 0 Å². The van der Waals surface area contributed by atoms with Crippen LogP contribution in [-0.4, -0.2) is 42.5 Å². The fourth-order valence-corrected chi connectivity index (χ4v) is 3.45. The summed E-state index contributed by atoms with van der Waals surface area (Å²) < 4.78 is 0.706. The molecule has 0 N–H and O–H groups in total. The highest BCUT2D eigenvalue weighted by molar-refractivity contribution is 14.1. The first kappa shape index (κ1) is 15.5. The fourth-order valence-electron chi connectivity index (χ4n) is 2.76. The van der Waals surface area contributed by atoms with Crippen molar-refractivity contribution in [3.8, 4) is 0 Å². The molecule has 1 fully saturated rings. The number of halogens is 1. The Morgan fingerprint density at radius 1 is 1.45 bits per heavy atom. The van der Waals surface area contributed by atoms with Gasteiger partial charge < -0.3 is 9.80 Å². The first-order chi connectivity index (χ1) is 9.52. The van der Waals surface area contributed by atoms with Gasteiger partial charge in [-0.1, -0.05) is 6.92 Å². The molecule has 1 aliphatic rings. The lowest BCUT2D eigenvalue weighted by atomic mass is 10.1. The highest BCUT2D eigenvalue weighted by Gasteiger charge is 2.23. The van der Waals surface area contributed by atoms with Crippen molar-refractivity contribution in [3.63, 3.8) is 0 Å². The zero-order valence-electron chi connectivity index (χ0n) is 11.9. The Labute approximate surface area is 133 Å². The van der Waals surface area contributed by atoms with Gasteiger partial charge in [0.1, 0.15) is 0 Å². The van der Waals surface area contributed by atoms with E-state index in [2.05, 4.69) is 46.4 Å². The van der Waals surface area contributed by atoms with Gasteiger partial charge in [0.25, 0.3) is 5.69 Å². The molecule has 1 saturated heterocycles. The summed E-state index contributed by atoms with van der Waals surface area (Å²) in [5.74, 6) is 0. The quantitative estimate of drug-likeness (QED) is 0.453. The van der Waals surface area contributed by atoms with Crippen molar-refractivity contribution in [2.75, 3.05) is 31.6 Å². The Morgan fingerprint density at radius 2 is 2.20 bits per heavy atom. The van der Waals surface area contributed by atoms with Gasteiger partial charge >= 0.3 is 0 Å².